The predicted molar refractivity (Wildman–Crippen MR) is 78.6 cm³/mol. The number of esters is 2. The zero-order chi connectivity index (χ0) is 17.2. The van der Waals surface area contributed by atoms with Gasteiger partial charge in [-0.1, -0.05) is 0 Å². The van der Waals surface area contributed by atoms with E-state index in [1.54, 1.807) is 13.0 Å². The van der Waals surface area contributed by atoms with Crippen LogP contribution < -0.4 is 5.32 Å². The van der Waals surface area contributed by atoms with E-state index in [0.717, 1.165) is 6.20 Å². The van der Waals surface area contributed by atoms with Crippen LogP contribution in [0.4, 0.5) is 5.69 Å². The maximum Gasteiger partial charge on any atom is 0.350 e. The predicted octanol–water partition coefficient (Wildman–Crippen LogP) is 1.87. The molecule has 0 aromatic heterocycles. The first-order chi connectivity index (χ1) is 10.8. The Labute approximate surface area is 132 Å². The lowest BCUT2D eigenvalue weighted by Crippen LogP contribution is -2.42. The summed E-state index contributed by atoms with van der Waals surface area (Å²) in [6, 6.07) is 6.91. The third-order valence-corrected chi connectivity index (χ3v) is 3.06. The number of rotatable bonds is 2. The molecule has 0 unspecified atom stereocenters. The van der Waals surface area contributed by atoms with Gasteiger partial charge in [0.2, 0.25) is 0 Å². The largest absolute Gasteiger partial charge is 0.419 e. The molecule has 23 heavy (non-hydrogen) atoms. The molecule has 0 spiro atoms. The maximum absolute atomic E-state index is 11.8. The summed E-state index contributed by atoms with van der Waals surface area (Å²) in [5.74, 6) is -2.94. The second kappa shape index (κ2) is 5.82. The second-order valence-corrected chi connectivity index (χ2v) is 5.32. The summed E-state index contributed by atoms with van der Waals surface area (Å²) in [6.07, 6.45) is 1.13. The molecule has 0 bridgehead atoms. The summed E-state index contributed by atoms with van der Waals surface area (Å²) in [4.78, 5) is 23.7. The first-order valence-electron chi connectivity index (χ1n) is 6.65. The van der Waals surface area contributed by atoms with Crippen molar-refractivity contribution in [2.45, 2.75) is 26.6 Å². The van der Waals surface area contributed by atoms with Crippen molar-refractivity contribution in [2.24, 2.45) is 0 Å². The van der Waals surface area contributed by atoms with E-state index in [1.807, 2.05) is 12.1 Å². The van der Waals surface area contributed by atoms with Gasteiger partial charge in [0.15, 0.2) is 5.57 Å². The average Bonchev–Trinajstić information content (AvgIpc) is 2.45. The molecule has 7 heteroatoms. The quantitative estimate of drug-likeness (QED) is 0.504. The number of carbonyl (C=O) groups is 2. The Morgan fingerprint density at radius 3 is 2.26 bits per heavy atom. The molecule has 1 aromatic carbocycles. The van der Waals surface area contributed by atoms with Crippen molar-refractivity contribution >= 4 is 17.6 Å². The first-order valence-corrected chi connectivity index (χ1v) is 6.65. The summed E-state index contributed by atoms with van der Waals surface area (Å²) in [6.45, 7) is 4.60. The highest BCUT2D eigenvalue weighted by Crippen LogP contribution is 2.25. The number of cyclic esters (lactones) is 2. The molecule has 2 rings (SSSR count). The minimum atomic E-state index is -1.31. The number of ether oxygens (including phenoxy) is 2. The lowest BCUT2D eigenvalue weighted by molar-refractivity contribution is -0.222. The monoisotopic (exact) mass is 311 g/mol. The van der Waals surface area contributed by atoms with Gasteiger partial charge in [-0.2, -0.15) is 10.5 Å². The van der Waals surface area contributed by atoms with E-state index in [1.165, 1.54) is 19.9 Å². The topological polar surface area (TPSA) is 112 Å². The highest BCUT2D eigenvalue weighted by atomic mass is 16.7. The highest BCUT2D eigenvalue weighted by Gasteiger charge is 2.39. The Balaban J connectivity index is 2.34. The van der Waals surface area contributed by atoms with Gasteiger partial charge in [-0.25, -0.2) is 9.59 Å². The van der Waals surface area contributed by atoms with Crippen molar-refractivity contribution in [1.29, 1.82) is 10.5 Å². The summed E-state index contributed by atoms with van der Waals surface area (Å²) in [7, 11) is 0. The van der Waals surface area contributed by atoms with Crippen LogP contribution in [-0.4, -0.2) is 17.7 Å². The van der Waals surface area contributed by atoms with Gasteiger partial charge in [0.05, 0.1) is 22.9 Å². The number of benzene rings is 1. The Bertz CT molecular complexity index is 788. The molecule has 1 aliphatic heterocycles. The molecule has 116 valence electrons. The van der Waals surface area contributed by atoms with Gasteiger partial charge in [-0.05, 0) is 24.6 Å². The van der Waals surface area contributed by atoms with Gasteiger partial charge in [-0.3, -0.25) is 0 Å². The van der Waals surface area contributed by atoms with Gasteiger partial charge in [-0.15, -0.1) is 0 Å². The third-order valence-electron chi connectivity index (χ3n) is 3.06. The van der Waals surface area contributed by atoms with Crippen LogP contribution in [0.2, 0.25) is 0 Å². The van der Waals surface area contributed by atoms with E-state index in [-0.39, 0.29) is 11.1 Å². The van der Waals surface area contributed by atoms with Crippen LogP contribution in [0.1, 0.15) is 30.5 Å². The fourth-order valence-electron chi connectivity index (χ4n) is 2.05. The molecule has 1 aromatic rings. The molecular formula is C16H13N3O4. The number of hydrogen-bond acceptors (Lipinski definition) is 7. The summed E-state index contributed by atoms with van der Waals surface area (Å²) in [5.41, 5.74) is 1.27. The number of nitrogens with one attached hydrogen (secondary N) is 1. The average molecular weight is 311 g/mol. The van der Waals surface area contributed by atoms with Gasteiger partial charge in [0.25, 0.3) is 5.79 Å². The van der Waals surface area contributed by atoms with E-state index >= 15 is 0 Å². The summed E-state index contributed by atoms with van der Waals surface area (Å²) >= 11 is 0. The Morgan fingerprint density at radius 1 is 1.13 bits per heavy atom. The van der Waals surface area contributed by atoms with Gasteiger partial charge < -0.3 is 14.8 Å². The number of hydrogen-bond donors (Lipinski definition) is 1. The summed E-state index contributed by atoms with van der Waals surface area (Å²) < 4.78 is 9.94. The Kier molecular flexibility index (Phi) is 4.06. The smallest absolute Gasteiger partial charge is 0.350 e. The molecule has 1 heterocycles. The molecule has 0 amide bonds. The minimum Gasteiger partial charge on any atom is -0.419 e. The van der Waals surface area contributed by atoms with E-state index in [2.05, 4.69) is 5.32 Å². The van der Waals surface area contributed by atoms with Crippen molar-refractivity contribution in [2.75, 3.05) is 5.32 Å². The number of anilines is 1. The molecule has 1 N–H and O–H groups in total. The van der Waals surface area contributed by atoms with E-state index in [9.17, 15) is 9.59 Å². The van der Waals surface area contributed by atoms with Gasteiger partial charge in [0, 0.05) is 20.0 Å². The molecule has 7 nitrogen and oxygen atoms in total. The molecule has 1 fully saturated rings. The Hall–Kier alpha value is -3.32. The first kappa shape index (κ1) is 16.1. The van der Waals surface area contributed by atoms with Gasteiger partial charge in [0.1, 0.15) is 6.07 Å². The van der Waals surface area contributed by atoms with Crippen molar-refractivity contribution in [3.8, 4) is 12.1 Å². The lowest BCUT2D eigenvalue weighted by atomic mass is 10.0. The molecule has 0 aliphatic carbocycles. The number of aryl methyl sites for hydroxylation is 1. The second-order valence-electron chi connectivity index (χ2n) is 5.32. The van der Waals surface area contributed by atoms with Gasteiger partial charge >= 0.3 is 11.9 Å². The van der Waals surface area contributed by atoms with Crippen molar-refractivity contribution in [3.63, 3.8) is 0 Å². The standard InChI is InChI=1S/C16H13N3O4/c1-9-4-10(6-17)5-11(7-18)13(9)19-8-12-14(20)22-16(2,3)23-15(12)21/h4-5,8,19H,1-3H3. The molecule has 0 atom stereocenters. The normalized spacial score (nSPS) is 15.8. The lowest BCUT2D eigenvalue weighted by Gasteiger charge is -2.29. The van der Waals surface area contributed by atoms with Crippen molar-refractivity contribution in [1.82, 2.24) is 0 Å². The van der Waals surface area contributed by atoms with E-state index in [0.29, 0.717) is 16.8 Å². The fraction of sp³-hybridized carbons (Fsp3) is 0.250. The molecule has 1 aliphatic rings. The van der Waals surface area contributed by atoms with Crippen LogP contribution >= 0.6 is 0 Å². The zero-order valence-corrected chi connectivity index (χ0v) is 12.8. The molecular weight excluding hydrogens is 298 g/mol. The molecule has 1 saturated heterocycles. The van der Waals surface area contributed by atoms with Crippen LogP contribution in [0.25, 0.3) is 0 Å². The summed E-state index contributed by atoms with van der Waals surface area (Å²) in [5, 5.41) is 20.8. The van der Waals surface area contributed by atoms with Crippen LogP contribution in [0.3, 0.4) is 0 Å². The minimum absolute atomic E-state index is 0.219. The van der Waals surface area contributed by atoms with Crippen LogP contribution in [-0.2, 0) is 19.1 Å². The number of carbonyl (C=O) groups excluding carboxylic acids is 2. The van der Waals surface area contributed by atoms with E-state index in [4.69, 9.17) is 20.0 Å². The number of nitrogens with zero attached hydrogens (tertiary/aromatic N) is 2. The fourth-order valence-corrected chi connectivity index (χ4v) is 2.05. The highest BCUT2D eigenvalue weighted by molar-refractivity contribution is 6.15. The maximum atomic E-state index is 11.8. The van der Waals surface area contributed by atoms with E-state index < -0.39 is 17.7 Å². The Morgan fingerprint density at radius 2 is 1.74 bits per heavy atom. The third kappa shape index (κ3) is 3.30. The van der Waals surface area contributed by atoms with Crippen LogP contribution in [0, 0.1) is 29.6 Å². The number of nitriles is 2. The SMILES string of the molecule is Cc1cc(C#N)cc(C#N)c1NC=C1C(=O)OC(C)(C)OC1=O. The van der Waals surface area contributed by atoms with Crippen LogP contribution in [0.5, 0.6) is 0 Å². The zero-order valence-electron chi connectivity index (χ0n) is 12.8. The van der Waals surface area contributed by atoms with Crippen molar-refractivity contribution < 1.29 is 19.1 Å². The molecule has 0 saturated carbocycles. The molecule has 0 radical (unpaired) electrons. The van der Waals surface area contributed by atoms with Crippen LogP contribution in [0.15, 0.2) is 23.9 Å². The van der Waals surface area contributed by atoms with Crippen molar-refractivity contribution in [3.05, 3.63) is 40.6 Å².